The molecular weight excluding hydrogens is 292 g/mol. The molecule has 1 unspecified atom stereocenters. The summed E-state index contributed by atoms with van der Waals surface area (Å²) in [5, 5.41) is 13.5. The van der Waals surface area contributed by atoms with Gasteiger partial charge in [-0.15, -0.1) is 0 Å². The highest BCUT2D eigenvalue weighted by molar-refractivity contribution is 5.93. The Hall–Kier alpha value is -2.89. The fourth-order valence-electron chi connectivity index (χ4n) is 2.66. The van der Waals surface area contributed by atoms with E-state index in [2.05, 4.69) is 15.3 Å². The summed E-state index contributed by atoms with van der Waals surface area (Å²) in [7, 11) is 0. The van der Waals surface area contributed by atoms with E-state index in [4.69, 9.17) is 0 Å². The van der Waals surface area contributed by atoms with E-state index in [1.165, 1.54) is 0 Å². The van der Waals surface area contributed by atoms with Gasteiger partial charge in [0.25, 0.3) is 0 Å². The third-order valence-electron chi connectivity index (χ3n) is 3.99. The first kappa shape index (κ1) is 15.0. The third-order valence-corrected chi connectivity index (χ3v) is 3.99. The van der Waals surface area contributed by atoms with Gasteiger partial charge in [-0.2, -0.15) is 0 Å². The van der Waals surface area contributed by atoms with Gasteiger partial charge in [0.15, 0.2) is 0 Å². The van der Waals surface area contributed by atoms with Crippen LogP contribution in [0.15, 0.2) is 36.9 Å². The van der Waals surface area contributed by atoms with E-state index < -0.39 is 12.0 Å². The van der Waals surface area contributed by atoms with Crippen molar-refractivity contribution in [2.75, 3.05) is 5.32 Å². The molecule has 0 aliphatic heterocycles. The molecule has 0 saturated heterocycles. The molecule has 0 fully saturated rings. The molecule has 6 nitrogen and oxygen atoms in total. The average Bonchev–Trinajstić information content (AvgIpc) is 2.95. The maximum atomic E-state index is 11.2. The second-order valence-electron chi connectivity index (χ2n) is 5.60. The van der Waals surface area contributed by atoms with E-state index in [9.17, 15) is 9.90 Å². The summed E-state index contributed by atoms with van der Waals surface area (Å²) in [5.41, 5.74) is 3.87. The van der Waals surface area contributed by atoms with Gasteiger partial charge in [-0.25, -0.2) is 9.78 Å². The Kier molecular flexibility index (Phi) is 3.73. The van der Waals surface area contributed by atoms with Crippen LogP contribution in [0.2, 0.25) is 0 Å². The van der Waals surface area contributed by atoms with E-state index >= 15 is 0 Å². The zero-order valence-corrected chi connectivity index (χ0v) is 13.2. The van der Waals surface area contributed by atoms with Gasteiger partial charge in [-0.1, -0.05) is 0 Å². The topological polar surface area (TPSA) is 80.0 Å². The molecule has 0 aliphatic carbocycles. The highest BCUT2D eigenvalue weighted by atomic mass is 16.4. The lowest BCUT2D eigenvalue weighted by atomic mass is 10.1. The van der Waals surface area contributed by atoms with Gasteiger partial charge in [-0.05, 0) is 44.0 Å². The fraction of sp³-hybridized carbons (Fsp3) is 0.235. The Morgan fingerprint density at radius 1 is 1.26 bits per heavy atom. The predicted octanol–water partition coefficient (Wildman–Crippen LogP) is 3.44. The molecule has 23 heavy (non-hydrogen) atoms. The highest BCUT2D eigenvalue weighted by Crippen LogP contribution is 2.29. The van der Waals surface area contributed by atoms with Gasteiger partial charge in [0.1, 0.15) is 11.9 Å². The van der Waals surface area contributed by atoms with Crippen molar-refractivity contribution in [2.45, 2.75) is 26.8 Å². The minimum atomic E-state index is -0.866. The Morgan fingerprint density at radius 3 is 2.61 bits per heavy atom. The number of aromatic nitrogens is 3. The quantitative estimate of drug-likeness (QED) is 0.771. The lowest BCUT2D eigenvalue weighted by Crippen LogP contribution is -2.14. The van der Waals surface area contributed by atoms with Crippen molar-refractivity contribution in [3.8, 4) is 0 Å². The van der Waals surface area contributed by atoms with Crippen LogP contribution in [0.5, 0.6) is 0 Å². The molecule has 2 N–H and O–H groups in total. The van der Waals surface area contributed by atoms with Gasteiger partial charge >= 0.3 is 5.97 Å². The van der Waals surface area contributed by atoms with Crippen molar-refractivity contribution < 1.29 is 9.90 Å². The number of anilines is 2. The molecule has 3 heterocycles. The van der Waals surface area contributed by atoms with Crippen LogP contribution < -0.4 is 5.32 Å². The number of carbonyl (C=O) groups is 1. The molecule has 0 saturated carbocycles. The maximum absolute atomic E-state index is 11.2. The zero-order chi connectivity index (χ0) is 16.6. The summed E-state index contributed by atoms with van der Waals surface area (Å²) >= 11 is 0. The first-order chi connectivity index (χ1) is 11.0. The monoisotopic (exact) mass is 310 g/mol. The Morgan fingerprint density at radius 2 is 1.96 bits per heavy atom. The first-order valence-electron chi connectivity index (χ1n) is 7.35. The van der Waals surface area contributed by atoms with Crippen LogP contribution in [0, 0.1) is 13.8 Å². The Labute approximate surface area is 133 Å². The number of nitrogens with zero attached hydrogens (tertiary/aromatic N) is 3. The Bertz CT molecular complexity index is 865. The number of aliphatic carboxylic acids is 1. The highest BCUT2D eigenvalue weighted by Gasteiger charge is 2.17. The molecule has 1 atom stereocenters. The summed E-state index contributed by atoms with van der Waals surface area (Å²) in [5.74, 6) is -0.161. The first-order valence-corrected chi connectivity index (χ1v) is 7.35. The largest absolute Gasteiger partial charge is 0.480 e. The molecule has 6 heteroatoms. The van der Waals surface area contributed by atoms with Gasteiger partial charge in [0.2, 0.25) is 0 Å². The van der Waals surface area contributed by atoms with Crippen molar-refractivity contribution in [1.82, 2.24) is 14.5 Å². The normalized spacial score (nSPS) is 12.3. The number of fused-ring (bicyclic) bond motifs is 1. The predicted molar refractivity (Wildman–Crippen MR) is 89.1 cm³/mol. The van der Waals surface area contributed by atoms with Crippen molar-refractivity contribution in [2.24, 2.45) is 0 Å². The van der Waals surface area contributed by atoms with Crippen molar-refractivity contribution in [3.05, 3.63) is 48.0 Å². The molecule has 3 aromatic rings. The van der Waals surface area contributed by atoms with Gasteiger partial charge in [0.05, 0.1) is 5.52 Å². The van der Waals surface area contributed by atoms with Gasteiger partial charge in [0, 0.05) is 35.9 Å². The number of hydrogen-bond donors (Lipinski definition) is 2. The van der Waals surface area contributed by atoms with E-state index in [0.717, 1.165) is 27.7 Å². The minimum absolute atomic E-state index is 0.632. The van der Waals surface area contributed by atoms with Crippen LogP contribution in [0.4, 0.5) is 11.5 Å². The van der Waals surface area contributed by atoms with Crippen LogP contribution in [0.3, 0.4) is 0 Å². The van der Waals surface area contributed by atoms with Crippen molar-refractivity contribution >= 4 is 28.4 Å². The van der Waals surface area contributed by atoms with Crippen LogP contribution in [-0.4, -0.2) is 25.6 Å². The van der Waals surface area contributed by atoms with Crippen molar-refractivity contribution in [1.29, 1.82) is 0 Å². The Balaban J connectivity index is 2.08. The van der Waals surface area contributed by atoms with Crippen LogP contribution >= 0.6 is 0 Å². The standard InChI is InChI=1S/C17H18N4O2/c1-10-8-18-9-11(2)15(10)20-16-13-5-7-21(12(3)17(22)23)14(13)4-6-19-16/h4-9,12H,1-3H3,(H,22,23)(H,18,19,20). The second kappa shape index (κ2) is 5.72. The van der Waals surface area contributed by atoms with Gasteiger partial charge < -0.3 is 15.0 Å². The lowest BCUT2D eigenvalue weighted by molar-refractivity contribution is -0.140. The number of aryl methyl sites for hydroxylation is 2. The van der Waals surface area contributed by atoms with E-state index in [0.29, 0.717) is 5.82 Å². The summed E-state index contributed by atoms with van der Waals surface area (Å²) in [4.78, 5) is 19.8. The lowest BCUT2D eigenvalue weighted by Gasteiger charge is -2.13. The summed E-state index contributed by atoms with van der Waals surface area (Å²) in [6.45, 7) is 5.63. The molecule has 0 aliphatic rings. The van der Waals surface area contributed by atoms with Crippen molar-refractivity contribution in [3.63, 3.8) is 0 Å². The molecule has 0 radical (unpaired) electrons. The number of carboxylic acids is 1. The van der Waals surface area contributed by atoms with Crippen LogP contribution in [-0.2, 0) is 4.79 Å². The second-order valence-corrected chi connectivity index (χ2v) is 5.60. The smallest absolute Gasteiger partial charge is 0.326 e. The van der Waals surface area contributed by atoms with Crippen LogP contribution in [0.25, 0.3) is 10.9 Å². The maximum Gasteiger partial charge on any atom is 0.326 e. The minimum Gasteiger partial charge on any atom is -0.480 e. The number of nitrogens with one attached hydrogen (secondary N) is 1. The van der Waals surface area contributed by atoms with E-state index in [1.807, 2.05) is 26.0 Å². The third kappa shape index (κ3) is 2.63. The van der Waals surface area contributed by atoms with Crippen LogP contribution in [0.1, 0.15) is 24.1 Å². The number of pyridine rings is 2. The molecular formula is C17H18N4O2. The summed E-state index contributed by atoms with van der Waals surface area (Å²) in [6.07, 6.45) is 7.06. The number of carboxylic acid groups (broad SMARTS) is 1. The fourth-order valence-corrected chi connectivity index (χ4v) is 2.66. The van der Waals surface area contributed by atoms with E-state index in [-0.39, 0.29) is 0 Å². The molecule has 3 aromatic heterocycles. The molecule has 3 rings (SSSR count). The summed E-state index contributed by atoms with van der Waals surface area (Å²) < 4.78 is 1.73. The zero-order valence-electron chi connectivity index (χ0n) is 13.2. The average molecular weight is 310 g/mol. The number of hydrogen-bond acceptors (Lipinski definition) is 4. The molecule has 0 spiro atoms. The molecule has 0 aromatic carbocycles. The SMILES string of the molecule is Cc1cncc(C)c1Nc1nccc2c1ccn2C(C)C(=O)O. The number of rotatable bonds is 4. The molecule has 0 bridgehead atoms. The summed E-state index contributed by atoms with van der Waals surface area (Å²) in [6, 6.07) is 3.08. The van der Waals surface area contributed by atoms with Gasteiger partial charge in [-0.3, -0.25) is 4.98 Å². The molecule has 118 valence electrons. The van der Waals surface area contributed by atoms with E-state index in [1.54, 1.807) is 36.3 Å². The molecule has 0 amide bonds.